The van der Waals surface area contributed by atoms with E-state index in [0.29, 0.717) is 19.5 Å². The molecule has 0 spiro atoms. The predicted molar refractivity (Wildman–Crippen MR) is 88.9 cm³/mol. The number of carbonyl (C=O) groups is 1. The van der Waals surface area contributed by atoms with Crippen molar-refractivity contribution in [3.63, 3.8) is 0 Å². The van der Waals surface area contributed by atoms with E-state index < -0.39 is 5.60 Å². The highest BCUT2D eigenvalue weighted by Gasteiger charge is 2.28. The maximum atomic E-state index is 12.4. The zero-order chi connectivity index (χ0) is 16.5. The summed E-state index contributed by atoms with van der Waals surface area (Å²) in [7, 11) is 1.62. The van der Waals surface area contributed by atoms with Crippen LogP contribution in [0.2, 0.25) is 0 Å². The number of nitrogens with two attached hydrogens (primary N) is 1. The molecule has 0 aliphatic carbocycles. The second-order valence-corrected chi connectivity index (χ2v) is 7.39. The van der Waals surface area contributed by atoms with Crippen LogP contribution in [0.1, 0.15) is 44.4 Å². The highest BCUT2D eigenvalue weighted by molar-refractivity contribution is 9.10. The Bertz CT molecular complexity index is 569. The van der Waals surface area contributed by atoms with Crippen molar-refractivity contribution in [2.24, 2.45) is 5.73 Å². The van der Waals surface area contributed by atoms with Gasteiger partial charge in [0, 0.05) is 22.6 Å². The molecule has 0 aromatic heterocycles. The van der Waals surface area contributed by atoms with Crippen molar-refractivity contribution in [1.29, 1.82) is 0 Å². The molecule has 1 amide bonds. The Kier molecular flexibility index (Phi) is 5.02. The summed E-state index contributed by atoms with van der Waals surface area (Å²) in [4.78, 5) is 14.1. The van der Waals surface area contributed by atoms with E-state index in [-0.39, 0.29) is 12.1 Å². The fourth-order valence-electron chi connectivity index (χ4n) is 2.52. The molecule has 22 heavy (non-hydrogen) atoms. The maximum Gasteiger partial charge on any atom is 0.410 e. The van der Waals surface area contributed by atoms with E-state index in [1.165, 1.54) is 0 Å². The van der Waals surface area contributed by atoms with E-state index in [9.17, 15) is 4.79 Å². The van der Waals surface area contributed by atoms with Crippen LogP contribution in [0.25, 0.3) is 0 Å². The molecule has 5 nitrogen and oxygen atoms in total. The van der Waals surface area contributed by atoms with Crippen molar-refractivity contribution in [2.45, 2.75) is 45.4 Å². The van der Waals surface area contributed by atoms with Gasteiger partial charge in [-0.15, -0.1) is 0 Å². The first-order valence-corrected chi connectivity index (χ1v) is 8.10. The first kappa shape index (κ1) is 17.1. The van der Waals surface area contributed by atoms with Crippen molar-refractivity contribution in [3.05, 3.63) is 27.7 Å². The van der Waals surface area contributed by atoms with Crippen LogP contribution < -0.4 is 10.5 Å². The van der Waals surface area contributed by atoms with Gasteiger partial charge in [0.05, 0.1) is 13.7 Å². The maximum absolute atomic E-state index is 12.4. The number of halogens is 1. The molecule has 0 unspecified atom stereocenters. The molecule has 0 saturated carbocycles. The summed E-state index contributed by atoms with van der Waals surface area (Å²) >= 11 is 3.48. The zero-order valence-corrected chi connectivity index (χ0v) is 15.1. The molecular formula is C16H23BrN2O3. The van der Waals surface area contributed by atoms with Gasteiger partial charge >= 0.3 is 6.09 Å². The molecule has 0 saturated heterocycles. The lowest BCUT2D eigenvalue weighted by Gasteiger charge is -2.27. The monoisotopic (exact) mass is 370 g/mol. The van der Waals surface area contributed by atoms with Crippen LogP contribution in [-0.2, 0) is 11.3 Å². The Morgan fingerprint density at radius 3 is 2.68 bits per heavy atom. The largest absolute Gasteiger partial charge is 0.496 e. The number of rotatable bonds is 1. The first-order valence-electron chi connectivity index (χ1n) is 7.31. The highest BCUT2D eigenvalue weighted by Crippen LogP contribution is 2.35. The fourth-order valence-corrected chi connectivity index (χ4v) is 2.97. The number of methoxy groups -OCH3 is 1. The van der Waals surface area contributed by atoms with E-state index in [1.807, 2.05) is 32.9 Å². The van der Waals surface area contributed by atoms with E-state index in [2.05, 4.69) is 15.9 Å². The van der Waals surface area contributed by atoms with Crippen molar-refractivity contribution < 1.29 is 14.3 Å². The Labute approximate surface area is 139 Å². The van der Waals surface area contributed by atoms with Crippen molar-refractivity contribution in [3.8, 4) is 5.75 Å². The molecule has 6 heteroatoms. The molecule has 2 rings (SSSR count). The van der Waals surface area contributed by atoms with Crippen LogP contribution >= 0.6 is 15.9 Å². The van der Waals surface area contributed by atoms with Gasteiger partial charge in [0.2, 0.25) is 0 Å². The Morgan fingerprint density at radius 1 is 1.41 bits per heavy atom. The molecule has 1 aromatic rings. The molecule has 0 radical (unpaired) electrons. The average Bonchev–Trinajstić information content (AvgIpc) is 2.56. The lowest BCUT2D eigenvalue weighted by atomic mass is 9.99. The molecule has 1 heterocycles. The molecule has 122 valence electrons. The number of ether oxygens (including phenoxy) is 2. The number of benzene rings is 1. The number of amides is 1. The van der Waals surface area contributed by atoms with Gasteiger partial charge in [0.25, 0.3) is 0 Å². The average molecular weight is 371 g/mol. The number of hydrogen-bond acceptors (Lipinski definition) is 4. The van der Waals surface area contributed by atoms with Crippen LogP contribution in [0.5, 0.6) is 5.75 Å². The van der Waals surface area contributed by atoms with Crippen molar-refractivity contribution in [1.82, 2.24) is 4.90 Å². The van der Waals surface area contributed by atoms with E-state index in [0.717, 1.165) is 21.3 Å². The van der Waals surface area contributed by atoms with E-state index >= 15 is 0 Å². The summed E-state index contributed by atoms with van der Waals surface area (Å²) in [6, 6.07) is 3.76. The van der Waals surface area contributed by atoms with Crippen molar-refractivity contribution in [2.75, 3.05) is 13.7 Å². The smallest absolute Gasteiger partial charge is 0.410 e. The fraction of sp³-hybridized carbons (Fsp3) is 0.562. The number of hydrogen-bond donors (Lipinski definition) is 1. The summed E-state index contributed by atoms with van der Waals surface area (Å²) in [5.74, 6) is 0.732. The minimum Gasteiger partial charge on any atom is -0.496 e. The lowest BCUT2D eigenvalue weighted by Crippen LogP contribution is -2.36. The van der Waals surface area contributed by atoms with Gasteiger partial charge < -0.3 is 20.1 Å². The molecular weight excluding hydrogens is 348 g/mol. The summed E-state index contributed by atoms with van der Waals surface area (Å²) < 4.78 is 11.9. The quantitative estimate of drug-likeness (QED) is 0.819. The Hall–Kier alpha value is -1.27. The van der Waals surface area contributed by atoms with E-state index in [4.69, 9.17) is 15.2 Å². The third kappa shape index (κ3) is 3.93. The summed E-state index contributed by atoms with van der Waals surface area (Å²) in [5.41, 5.74) is 7.71. The van der Waals surface area contributed by atoms with E-state index in [1.54, 1.807) is 12.0 Å². The molecule has 1 atom stereocenters. The standard InChI is InChI=1S/C16H23BrN2O3/c1-16(2,3)22-15(20)19-6-5-13(18)11-7-10(17)8-14(21-4)12(11)9-19/h7-8,13H,5-6,9,18H2,1-4H3/t13-/m1/s1. The van der Waals surface area contributed by atoms with Gasteiger partial charge in [0.15, 0.2) is 0 Å². The zero-order valence-electron chi connectivity index (χ0n) is 13.5. The SMILES string of the molecule is COc1cc(Br)cc2c1CN(C(=O)OC(C)(C)C)CC[C@H]2N. The van der Waals surface area contributed by atoms with Crippen LogP contribution in [-0.4, -0.2) is 30.2 Å². The predicted octanol–water partition coefficient (Wildman–Crippen LogP) is 3.60. The van der Waals surface area contributed by atoms with Gasteiger partial charge in [-0.2, -0.15) is 0 Å². The second kappa shape index (κ2) is 6.46. The first-order chi connectivity index (χ1) is 10.2. The minimum absolute atomic E-state index is 0.131. The normalized spacial score (nSPS) is 18.5. The van der Waals surface area contributed by atoms with Crippen LogP contribution in [0.4, 0.5) is 4.79 Å². The Morgan fingerprint density at radius 2 is 2.09 bits per heavy atom. The van der Waals surface area contributed by atoms with Gasteiger partial charge in [-0.25, -0.2) is 4.79 Å². The number of nitrogens with zero attached hydrogens (tertiary/aromatic N) is 1. The van der Waals surface area contributed by atoms with Gasteiger partial charge in [-0.1, -0.05) is 15.9 Å². The molecule has 1 aromatic carbocycles. The molecule has 1 aliphatic rings. The van der Waals surface area contributed by atoms with Crippen molar-refractivity contribution >= 4 is 22.0 Å². The van der Waals surface area contributed by atoms with Gasteiger partial charge in [0.1, 0.15) is 11.4 Å². The molecule has 0 fully saturated rings. The number of fused-ring (bicyclic) bond motifs is 1. The summed E-state index contributed by atoms with van der Waals surface area (Å²) in [5, 5.41) is 0. The van der Waals surface area contributed by atoms with Crippen LogP contribution in [0.3, 0.4) is 0 Å². The Balaban J connectivity index is 2.33. The molecule has 1 aliphatic heterocycles. The van der Waals surface area contributed by atoms with Crippen LogP contribution in [0.15, 0.2) is 16.6 Å². The van der Waals surface area contributed by atoms with Gasteiger partial charge in [-0.3, -0.25) is 0 Å². The summed E-state index contributed by atoms with van der Waals surface area (Å²) in [6.45, 7) is 6.58. The highest BCUT2D eigenvalue weighted by atomic mass is 79.9. The molecule has 0 bridgehead atoms. The minimum atomic E-state index is -0.516. The number of carbonyl (C=O) groups excluding carboxylic acids is 1. The topological polar surface area (TPSA) is 64.8 Å². The van der Waals surface area contributed by atoms with Crippen LogP contribution in [0, 0.1) is 0 Å². The van der Waals surface area contributed by atoms with Gasteiger partial charge in [-0.05, 0) is 44.9 Å². The summed E-state index contributed by atoms with van der Waals surface area (Å²) in [6.07, 6.45) is 0.365. The molecule has 2 N–H and O–H groups in total. The lowest BCUT2D eigenvalue weighted by molar-refractivity contribution is 0.0234. The third-order valence-corrected chi connectivity index (χ3v) is 4.00. The second-order valence-electron chi connectivity index (χ2n) is 6.47. The third-order valence-electron chi connectivity index (χ3n) is 3.54.